The van der Waals surface area contributed by atoms with Crippen LogP contribution in [0.15, 0.2) is 0 Å². The number of hydrogen-bond donors (Lipinski definition) is 1. The van der Waals surface area contributed by atoms with Crippen LogP contribution in [0, 0.1) is 0 Å². The molecule has 2 N–H and O–H groups in total. The summed E-state index contributed by atoms with van der Waals surface area (Å²) in [6, 6.07) is 0.0647. The molecular weight excluding hydrogens is 146 g/mol. The standard InChI is InChI=1S/C7H17NOS/c1-4-7(3)10(9)5-6(2)8/h6-7H,4-5,8H2,1-3H3. The second-order valence-electron chi connectivity index (χ2n) is 2.74. The number of nitrogens with two attached hydrogens (primary N) is 1. The Morgan fingerprint density at radius 2 is 2.00 bits per heavy atom. The molecule has 3 heteroatoms. The summed E-state index contributed by atoms with van der Waals surface area (Å²) in [4.78, 5) is 0. The predicted molar refractivity (Wildman–Crippen MR) is 46.4 cm³/mol. The summed E-state index contributed by atoms with van der Waals surface area (Å²) in [5, 5.41) is 0.297. The summed E-state index contributed by atoms with van der Waals surface area (Å²) in [5.74, 6) is 0.634. The fourth-order valence-corrected chi connectivity index (χ4v) is 1.83. The van der Waals surface area contributed by atoms with Crippen LogP contribution in [-0.2, 0) is 10.8 Å². The smallest absolute Gasteiger partial charge is 0.0386 e. The molecule has 0 aromatic rings. The highest BCUT2D eigenvalue weighted by atomic mass is 32.2. The summed E-state index contributed by atoms with van der Waals surface area (Å²) >= 11 is 0. The third-order valence-electron chi connectivity index (χ3n) is 1.45. The second-order valence-corrected chi connectivity index (χ2v) is 4.64. The lowest BCUT2D eigenvalue weighted by molar-refractivity contribution is 0.663. The monoisotopic (exact) mass is 163 g/mol. The Hall–Kier alpha value is 0.110. The highest BCUT2D eigenvalue weighted by Gasteiger charge is 2.09. The highest BCUT2D eigenvalue weighted by molar-refractivity contribution is 7.85. The van der Waals surface area contributed by atoms with E-state index in [2.05, 4.69) is 0 Å². The van der Waals surface area contributed by atoms with Gasteiger partial charge in [0.2, 0.25) is 0 Å². The Kier molecular flexibility index (Phi) is 4.91. The average molecular weight is 163 g/mol. The topological polar surface area (TPSA) is 43.1 Å². The summed E-state index contributed by atoms with van der Waals surface area (Å²) in [6.45, 7) is 5.93. The maximum Gasteiger partial charge on any atom is 0.0386 e. The van der Waals surface area contributed by atoms with Crippen LogP contribution in [0.1, 0.15) is 27.2 Å². The summed E-state index contributed by atoms with van der Waals surface area (Å²) in [5.41, 5.74) is 5.49. The van der Waals surface area contributed by atoms with Crippen molar-refractivity contribution in [3.05, 3.63) is 0 Å². The molecule has 3 atom stereocenters. The predicted octanol–water partition coefficient (Wildman–Crippen LogP) is 0.881. The Labute approximate surface area is 65.6 Å². The Morgan fingerprint density at radius 1 is 1.50 bits per heavy atom. The van der Waals surface area contributed by atoms with Gasteiger partial charge in [-0.2, -0.15) is 0 Å². The van der Waals surface area contributed by atoms with Gasteiger partial charge in [0.05, 0.1) is 0 Å². The van der Waals surface area contributed by atoms with Crippen molar-refractivity contribution >= 4 is 10.8 Å². The van der Waals surface area contributed by atoms with Crippen LogP contribution in [0.4, 0.5) is 0 Å². The molecule has 0 aliphatic rings. The van der Waals surface area contributed by atoms with Gasteiger partial charge in [-0.1, -0.05) is 13.8 Å². The summed E-state index contributed by atoms with van der Waals surface area (Å²) in [7, 11) is -0.720. The van der Waals surface area contributed by atoms with E-state index in [1.54, 1.807) is 0 Å². The molecule has 2 nitrogen and oxygen atoms in total. The first-order valence-corrected chi connectivity index (χ1v) is 5.08. The van der Waals surface area contributed by atoms with E-state index in [0.29, 0.717) is 11.0 Å². The van der Waals surface area contributed by atoms with Crippen LogP contribution in [0.2, 0.25) is 0 Å². The molecule has 0 rings (SSSR count). The average Bonchev–Trinajstić information content (AvgIpc) is 1.85. The van der Waals surface area contributed by atoms with Crippen molar-refractivity contribution < 1.29 is 4.21 Å². The van der Waals surface area contributed by atoms with Crippen molar-refractivity contribution in [1.29, 1.82) is 0 Å². The largest absolute Gasteiger partial charge is 0.327 e. The molecule has 0 bridgehead atoms. The Morgan fingerprint density at radius 3 is 2.30 bits per heavy atom. The minimum atomic E-state index is -0.720. The van der Waals surface area contributed by atoms with E-state index in [-0.39, 0.29) is 6.04 Å². The lowest BCUT2D eigenvalue weighted by atomic mass is 10.4. The number of hydrogen-bond acceptors (Lipinski definition) is 2. The maximum atomic E-state index is 11.2. The van der Waals surface area contributed by atoms with E-state index in [1.807, 2.05) is 20.8 Å². The van der Waals surface area contributed by atoms with Gasteiger partial charge >= 0.3 is 0 Å². The molecule has 0 amide bonds. The van der Waals surface area contributed by atoms with Gasteiger partial charge in [-0.05, 0) is 13.3 Å². The molecule has 0 spiro atoms. The van der Waals surface area contributed by atoms with E-state index in [1.165, 1.54) is 0 Å². The van der Waals surface area contributed by atoms with Gasteiger partial charge in [0, 0.05) is 27.8 Å². The molecule has 0 fully saturated rings. The SMILES string of the molecule is CCC(C)S(=O)CC(C)N. The van der Waals surface area contributed by atoms with Crippen LogP contribution >= 0.6 is 0 Å². The maximum absolute atomic E-state index is 11.2. The minimum Gasteiger partial charge on any atom is -0.327 e. The van der Waals surface area contributed by atoms with Crippen molar-refractivity contribution in [3.63, 3.8) is 0 Å². The van der Waals surface area contributed by atoms with Gasteiger partial charge in [-0.3, -0.25) is 4.21 Å². The van der Waals surface area contributed by atoms with Gasteiger partial charge in [0.15, 0.2) is 0 Å². The molecular formula is C7H17NOS. The molecule has 0 aromatic carbocycles. The Balaban J connectivity index is 3.62. The summed E-state index contributed by atoms with van der Waals surface area (Å²) in [6.07, 6.45) is 0.972. The normalized spacial score (nSPS) is 20.0. The van der Waals surface area contributed by atoms with E-state index in [0.717, 1.165) is 6.42 Å². The van der Waals surface area contributed by atoms with Gasteiger partial charge in [0.1, 0.15) is 0 Å². The van der Waals surface area contributed by atoms with E-state index in [9.17, 15) is 4.21 Å². The third-order valence-corrected chi connectivity index (χ3v) is 3.54. The summed E-state index contributed by atoms with van der Waals surface area (Å²) < 4.78 is 11.2. The molecule has 10 heavy (non-hydrogen) atoms. The van der Waals surface area contributed by atoms with Crippen LogP contribution in [0.5, 0.6) is 0 Å². The highest BCUT2D eigenvalue weighted by Crippen LogP contribution is 2.01. The first-order valence-electron chi connectivity index (χ1n) is 3.70. The zero-order valence-corrected chi connectivity index (χ0v) is 7.78. The molecule has 0 radical (unpaired) electrons. The van der Waals surface area contributed by atoms with Crippen LogP contribution in [0.25, 0.3) is 0 Å². The lowest BCUT2D eigenvalue weighted by Gasteiger charge is -2.09. The Bertz CT molecular complexity index is 114. The molecule has 0 aromatic heterocycles. The van der Waals surface area contributed by atoms with Crippen molar-refractivity contribution in [1.82, 2.24) is 0 Å². The third kappa shape index (κ3) is 4.01. The quantitative estimate of drug-likeness (QED) is 0.668. The van der Waals surface area contributed by atoms with Crippen LogP contribution in [0.3, 0.4) is 0 Å². The molecule has 0 saturated heterocycles. The molecule has 0 aliphatic carbocycles. The first-order chi connectivity index (χ1) is 4.57. The fourth-order valence-electron chi connectivity index (χ4n) is 0.609. The zero-order chi connectivity index (χ0) is 8.15. The number of rotatable bonds is 4. The molecule has 3 unspecified atom stereocenters. The molecule has 0 saturated carbocycles. The first kappa shape index (κ1) is 10.1. The van der Waals surface area contributed by atoms with E-state index >= 15 is 0 Å². The van der Waals surface area contributed by atoms with Gasteiger partial charge in [0.25, 0.3) is 0 Å². The van der Waals surface area contributed by atoms with Crippen molar-refractivity contribution in [3.8, 4) is 0 Å². The van der Waals surface area contributed by atoms with Gasteiger partial charge in [-0.15, -0.1) is 0 Å². The van der Waals surface area contributed by atoms with Crippen LogP contribution in [-0.4, -0.2) is 21.3 Å². The lowest BCUT2D eigenvalue weighted by Crippen LogP contribution is -2.27. The van der Waals surface area contributed by atoms with Crippen LogP contribution < -0.4 is 5.73 Å². The molecule has 62 valence electrons. The van der Waals surface area contributed by atoms with Crippen molar-refractivity contribution in [2.24, 2.45) is 5.73 Å². The van der Waals surface area contributed by atoms with Crippen molar-refractivity contribution in [2.75, 3.05) is 5.75 Å². The van der Waals surface area contributed by atoms with E-state index < -0.39 is 10.8 Å². The molecule has 0 aliphatic heterocycles. The van der Waals surface area contributed by atoms with Crippen molar-refractivity contribution in [2.45, 2.75) is 38.5 Å². The fraction of sp³-hybridized carbons (Fsp3) is 1.00. The zero-order valence-electron chi connectivity index (χ0n) is 6.96. The second kappa shape index (κ2) is 4.85. The van der Waals surface area contributed by atoms with Gasteiger partial charge < -0.3 is 5.73 Å². The minimum absolute atomic E-state index is 0.0647. The van der Waals surface area contributed by atoms with Gasteiger partial charge in [-0.25, -0.2) is 0 Å². The molecule has 0 heterocycles. The van der Waals surface area contributed by atoms with E-state index in [4.69, 9.17) is 5.73 Å².